The smallest absolute Gasteiger partial charge is 0.139 e. The van der Waals surface area contributed by atoms with E-state index in [9.17, 15) is 14.6 Å². The Hall–Kier alpha value is -2.80. The second-order valence-corrected chi connectivity index (χ2v) is 7.15. The molecule has 158 valence electrons. The van der Waals surface area contributed by atoms with Crippen LogP contribution >= 0.6 is 0 Å². The first-order valence-corrected chi connectivity index (χ1v) is 9.99. The molecule has 5 nitrogen and oxygen atoms in total. The van der Waals surface area contributed by atoms with Gasteiger partial charge in [0.2, 0.25) is 0 Å². The van der Waals surface area contributed by atoms with E-state index in [0.29, 0.717) is 31.9 Å². The van der Waals surface area contributed by atoms with Crippen molar-refractivity contribution < 1.29 is 19.3 Å². The molecule has 0 amide bonds. The van der Waals surface area contributed by atoms with E-state index in [2.05, 4.69) is 9.88 Å². The molecule has 0 saturated heterocycles. The number of halogens is 1. The van der Waals surface area contributed by atoms with Gasteiger partial charge in [0.05, 0.1) is 26.0 Å². The summed E-state index contributed by atoms with van der Waals surface area (Å²) >= 11 is 0. The Bertz CT molecular complexity index is 904. The van der Waals surface area contributed by atoms with E-state index < -0.39 is 0 Å². The van der Waals surface area contributed by atoms with E-state index in [1.165, 1.54) is 18.3 Å². The van der Waals surface area contributed by atoms with Gasteiger partial charge in [-0.1, -0.05) is 42.5 Å². The number of aliphatic hydroxyl groups is 1. The molecule has 1 aromatic heterocycles. The summed E-state index contributed by atoms with van der Waals surface area (Å²) in [5.41, 5.74) is 3.43. The van der Waals surface area contributed by atoms with Crippen LogP contribution in [0.25, 0.3) is 0 Å². The molecule has 3 rings (SSSR count). The van der Waals surface area contributed by atoms with Gasteiger partial charge in [-0.15, -0.1) is 0 Å². The topological polar surface area (TPSA) is 65.8 Å². The summed E-state index contributed by atoms with van der Waals surface area (Å²) in [7, 11) is 0. The second kappa shape index (κ2) is 11.4. The first-order valence-electron chi connectivity index (χ1n) is 9.99. The highest BCUT2D eigenvalue weighted by Gasteiger charge is 2.13. The molecule has 0 aliphatic carbocycles. The molecule has 3 aromatic rings. The molecule has 0 atom stereocenters. The zero-order chi connectivity index (χ0) is 21.2. The van der Waals surface area contributed by atoms with Crippen LogP contribution in [-0.2, 0) is 30.9 Å². The lowest BCUT2D eigenvalue weighted by molar-refractivity contribution is 0.0903. The van der Waals surface area contributed by atoms with Crippen molar-refractivity contribution in [1.82, 2.24) is 9.88 Å². The average Bonchev–Trinajstić information content (AvgIpc) is 2.77. The molecule has 2 aromatic carbocycles. The molecule has 0 aliphatic heterocycles. The number of hydrogen-bond donors (Lipinski definition) is 2. The van der Waals surface area contributed by atoms with Crippen molar-refractivity contribution in [2.45, 2.75) is 26.2 Å². The van der Waals surface area contributed by atoms with Crippen LogP contribution in [0.2, 0.25) is 0 Å². The van der Waals surface area contributed by atoms with Crippen molar-refractivity contribution in [3.05, 3.63) is 95.1 Å². The van der Waals surface area contributed by atoms with Crippen LogP contribution in [0.5, 0.6) is 5.75 Å². The Kier molecular flexibility index (Phi) is 8.32. The maximum absolute atomic E-state index is 13.2. The van der Waals surface area contributed by atoms with Crippen LogP contribution in [0, 0.1) is 5.82 Å². The predicted molar refractivity (Wildman–Crippen MR) is 113 cm³/mol. The number of rotatable bonds is 11. The van der Waals surface area contributed by atoms with Gasteiger partial charge in [-0.25, -0.2) is 4.39 Å². The lowest BCUT2D eigenvalue weighted by Crippen LogP contribution is -2.30. The van der Waals surface area contributed by atoms with E-state index in [0.717, 1.165) is 29.7 Å². The van der Waals surface area contributed by atoms with Crippen LogP contribution in [0.15, 0.2) is 67.0 Å². The van der Waals surface area contributed by atoms with Gasteiger partial charge in [0.25, 0.3) is 0 Å². The van der Waals surface area contributed by atoms with Crippen molar-refractivity contribution in [1.29, 1.82) is 0 Å². The number of nitrogens with zero attached hydrogens (tertiary/aromatic N) is 2. The number of ether oxygens (including phenoxy) is 1. The molecule has 1 heterocycles. The normalized spacial score (nSPS) is 11.2. The molecule has 0 aliphatic rings. The van der Waals surface area contributed by atoms with E-state index >= 15 is 0 Å². The largest absolute Gasteiger partial charge is 0.506 e. The molecule has 2 N–H and O–H groups in total. The van der Waals surface area contributed by atoms with Gasteiger partial charge in [-0.05, 0) is 35.2 Å². The number of aliphatic hydroxyl groups excluding tert-OH is 1. The lowest BCUT2D eigenvalue weighted by atomic mass is 10.1. The number of hydrogen-bond acceptors (Lipinski definition) is 5. The monoisotopic (exact) mass is 410 g/mol. The Balaban J connectivity index is 1.61. The van der Waals surface area contributed by atoms with Crippen LogP contribution in [-0.4, -0.2) is 39.8 Å². The maximum Gasteiger partial charge on any atom is 0.139 e. The van der Waals surface area contributed by atoms with Crippen molar-refractivity contribution in [2.75, 3.05) is 19.7 Å². The fourth-order valence-electron chi connectivity index (χ4n) is 3.24. The molecule has 6 heteroatoms. The SMILES string of the molecule is OCc1c(O)cncc1CN(CCOCc1ccccc1)CCc1ccc(F)cc1. The summed E-state index contributed by atoms with van der Waals surface area (Å²) in [4.78, 5) is 6.23. The molecule has 0 spiro atoms. The first kappa shape index (κ1) is 21.9. The van der Waals surface area contributed by atoms with Gasteiger partial charge in [0, 0.05) is 31.4 Å². The van der Waals surface area contributed by atoms with Crippen LogP contribution in [0.4, 0.5) is 4.39 Å². The quantitative estimate of drug-likeness (QED) is 0.472. The van der Waals surface area contributed by atoms with Gasteiger partial charge >= 0.3 is 0 Å². The Morgan fingerprint density at radius 3 is 2.43 bits per heavy atom. The van der Waals surface area contributed by atoms with Gasteiger partial charge < -0.3 is 14.9 Å². The Morgan fingerprint density at radius 1 is 0.933 bits per heavy atom. The maximum atomic E-state index is 13.2. The number of aromatic hydroxyl groups is 1. The second-order valence-electron chi connectivity index (χ2n) is 7.15. The fourth-order valence-corrected chi connectivity index (χ4v) is 3.24. The standard InChI is InChI=1S/C24H27FN2O3/c25-22-8-6-19(7-9-22)10-11-27(12-13-30-18-20-4-2-1-3-5-20)16-21-14-26-15-24(29)23(21)17-28/h1-9,14-15,28-29H,10-13,16-18H2. The van der Waals surface area contributed by atoms with Crippen LogP contribution in [0.1, 0.15) is 22.3 Å². The van der Waals surface area contributed by atoms with Crippen molar-refractivity contribution in [2.24, 2.45) is 0 Å². The number of pyridine rings is 1. The minimum absolute atomic E-state index is 0.00573. The molecule has 0 saturated carbocycles. The van der Waals surface area contributed by atoms with Crippen molar-refractivity contribution in [3.63, 3.8) is 0 Å². The van der Waals surface area contributed by atoms with E-state index in [1.807, 2.05) is 30.3 Å². The van der Waals surface area contributed by atoms with Gasteiger partial charge in [-0.2, -0.15) is 0 Å². The Morgan fingerprint density at radius 2 is 1.70 bits per heavy atom. The molecular weight excluding hydrogens is 383 g/mol. The highest BCUT2D eigenvalue weighted by molar-refractivity contribution is 5.35. The number of benzene rings is 2. The average molecular weight is 410 g/mol. The zero-order valence-corrected chi connectivity index (χ0v) is 16.9. The summed E-state index contributed by atoms with van der Waals surface area (Å²) in [6, 6.07) is 16.5. The van der Waals surface area contributed by atoms with E-state index in [4.69, 9.17) is 4.74 Å². The van der Waals surface area contributed by atoms with Crippen molar-refractivity contribution >= 4 is 0 Å². The summed E-state index contributed by atoms with van der Waals surface area (Å²) in [6.45, 7) is 2.75. The Labute approximate surface area is 176 Å². The minimum atomic E-state index is -0.250. The highest BCUT2D eigenvalue weighted by atomic mass is 19.1. The van der Waals surface area contributed by atoms with Crippen molar-refractivity contribution in [3.8, 4) is 5.75 Å². The molecule has 30 heavy (non-hydrogen) atoms. The molecular formula is C24H27FN2O3. The molecule has 0 fully saturated rings. The third-order valence-electron chi connectivity index (χ3n) is 4.97. The zero-order valence-electron chi connectivity index (χ0n) is 16.9. The highest BCUT2D eigenvalue weighted by Crippen LogP contribution is 2.21. The summed E-state index contributed by atoms with van der Waals surface area (Å²) < 4.78 is 19.0. The van der Waals surface area contributed by atoms with Gasteiger partial charge in [0.1, 0.15) is 11.6 Å². The molecule has 0 bridgehead atoms. The number of aromatic nitrogens is 1. The summed E-state index contributed by atoms with van der Waals surface area (Å²) in [5.74, 6) is -0.253. The third kappa shape index (κ3) is 6.62. The molecule has 0 radical (unpaired) electrons. The van der Waals surface area contributed by atoms with Gasteiger partial charge in [0.15, 0.2) is 0 Å². The minimum Gasteiger partial charge on any atom is -0.506 e. The summed E-state index contributed by atoms with van der Waals surface area (Å²) in [6.07, 6.45) is 3.75. The molecule has 0 unspecified atom stereocenters. The lowest BCUT2D eigenvalue weighted by Gasteiger charge is -2.23. The first-order chi connectivity index (χ1) is 14.7. The van der Waals surface area contributed by atoms with Gasteiger partial charge in [-0.3, -0.25) is 9.88 Å². The fraction of sp³-hybridized carbons (Fsp3) is 0.292. The van der Waals surface area contributed by atoms with Crippen LogP contribution in [0.3, 0.4) is 0 Å². The summed E-state index contributed by atoms with van der Waals surface area (Å²) in [5, 5.41) is 19.6. The van der Waals surface area contributed by atoms with Crippen LogP contribution < -0.4 is 0 Å². The van der Waals surface area contributed by atoms with E-state index in [-0.39, 0.29) is 18.2 Å². The predicted octanol–water partition coefficient (Wildman–Crippen LogP) is 3.68. The van der Waals surface area contributed by atoms with E-state index in [1.54, 1.807) is 18.3 Å². The third-order valence-corrected chi connectivity index (χ3v) is 4.97.